The summed E-state index contributed by atoms with van der Waals surface area (Å²) in [4.78, 5) is 4.74. The SMILES string of the molecule is C/C=C(/CC1(C)CC(=CN)C(=Nc2ccc(F)cc2)C=C1CCNS)NCCC. The number of hydrogen-bond donors (Lipinski definition) is 4. The zero-order valence-electron chi connectivity index (χ0n) is 17.6. The molecule has 1 unspecified atom stereocenters. The average Bonchev–Trinajstić information content (AvgIpc) is 2.72. The Morgan fingerprint density at radius 2 is 2.03 bits per heavy atom. The van der Waals surface area contributed by atoms with Crippen molar-refractivity contribution in [2.45, 2.75) is 46.5 Å². The number of nitrogens with one attached hydrogen (secondary N) is 2. The predicted molar refractivity (Wildman–Crippen MR) is 125 cm³/mol. The van der Waals surface area contributed by atoms with Crippen molar-refractivity contribution in [2.24, 2.45) is 16.1 Å². The summed E-state index contributed by atoms with van der Waals surface area (Å²) in [5, 5.41) is 3.54. The van der Waals surface area contributed by atoms with Crippen molar-refractivity contribution in [3.8, 4) is 0 Å². The summed E-state index contributed by atoms with van der Waals surface area (Å²) in [7, 11) is 0. The summed E-state index contributed by atoms with van der Waals surface area (Å²) >= 11 is 4.16. The first-order chi connectivity index (χ1) is 14.0. The van der Waals surface area contributed by atoms with Crippen LogP contribution in [0.3, 0.4) is 0 Å². The normalized spacial score (nSPS) is 22.8. The Hall–Kier alpha value is -2.05. The molecule has 2 rings (SSSR count). The number of benzene rings is 1. The van der Waals surface area contributed by atoms with Crippen molar-refractivity contribution < 1.29 is 4.39 Å². The fraction of sp³-hybridized carbons (Fsp3) is 0.435. The highest BCUT2D eigenvalue weighted by molar-refractivity contribution is 7.78. The number of thiol groups is 1. The van der Waals surface area contributed by atoms with Crippen LogP contribution in [0.4, 0.5) is 10.1 Å². The fourth-order valence-electron chi connectivity index (χ4n) is 3.67. The summed E-state index contributed by atoms with van der Waals surface area (Å²) in [6, 6.07) is 6.20. The van der Waals surface area contributed by atoms with Gasteiger partial charge in [0.2, 0.25) is 0 Å². The van der Waals surface area contributed by atoms with Crippen LogP contribution in [0.2, 0.25) is 0 Å². The van der Waals surface area contributed by atoms with Crippen molar-refractivity contribution >= 4 is 24.2 Å². The van der Waals surface area contributed by atoms with Gasteiger partial charge in [0.05, 0.1) is 11.4 Å². The van der Waals surface area contributed by atoms with Crippen LogP contribution in [0, 0.1) is 11.2 Å². The van der Waals surface area contributed by atoms with Gasteiger partial charge in [-0.2, -0.15) is 0 Å². The van der Waals surface area contributed by atoms with Gasteiger partial charge in [-0.05, 0) is 80.1 Å². The van der Waals surface area contributed by atoms with Gasteiger partial charge in [-0.25, -0.2) is 9.38 Å². The largest absolute Gasteiger partial charge is 0.404 e. The van der Waals surface area contributed by atoms with Crippen LogP contribution in [0.15, 0.2) is 64.5 Å². The molecular weight excluding hydrogens is 383 g/mol. The smallest absolute Gasteiger partial charge is 0.123 e. The Labute approximate surface area is 179 Å². The molecule has 0 bridgehead atoms. The summed E-state index contributed by atoms with van der Waals surface area (Å²) < 4.78 is 16.2. The molecule has 0 radical (unpaired) electrons. The van der Waals surface area contributed by atoms with Crippen molar-refractivity contribution in [3.63, 3.8) is 0 Å². The topological polar surface area (TPSA) is 62.4 Å². The van der Waals surface area contributed by atoms with Crippen LogP contribution >= 0.6 is 12.8 Å². The highest BCUT2D eigenvalue weighted by Crippen LogP contribution is 2.44. The Kier molecular flexibility index (Phi) is 8.99. The lowest BCUT2D eigenvalue weighted by molar-refractivity contribution is 0.367. The Morgan fingerprint density at radius 1 is 1.31 bits per heavy atom. The van der Waals surface area contributed by atoms with Gasteiger partial charge in [-0.1, -0.05) is 38.3 Å². The zero-order chi connectivity index (χ0) is 21.3. The fourth-order valence-corrected chi connectivity index (χ4v) is 3.78. The number of halogens is 1. The van der Waals surface area contributed by atoms with Gasteiger partial charge >= 0.3 is 0 Å². The number of rotatable bonds is 9. The predicted octanol–water partition coefficient (Wildman–Crippen LogP) is 5.20. The Balaban J connectivity index is 2.41. The van der Waals surface area contributed by atoms with Gasteiger partial charge in [-0.3, -0.25) is 4.72 Å². The molecule has 1 aliphatic carbocycles. The van der Waals surface area contributed by atoms with Crippen molar-refractivity contribution in [1.29, 1.82) is 0 Å². The first kappa shape index (κ1) is 23.2. The Morgan fingerprint density at radius 3 is 2.62 bits per heavy atom. The molecule has 4 N–H and O–H groups in total. The maximum Gasteiger partial charge on any atom is 0.123 e. The molecule has 0 heterocycles. The minimum Gasteiger partial charge on any atom is -0.404 e. The van der Waals surface area contributed by atoms with Crippen molar-refractivity contribution in [3.05, 3.63) is 65.3 Å². The molecule has 0 amide bonds. The third-order valence-electron chi connectivity index (χ3n) is 5.31. The van der Waals surface area contributed by atoms with Gasteiger partial charge < -0.3 is 11.1 Å². The molecule has 29 heavy (non-hydrogen) atoms. The molecule has 1 aliphatic rings. The molecule has 0 aliphatic heterocycles. The van der Waals surface area contributed by atoms with Gasteiger partial charge in [0, 0.05) is 18.8 Å². The first-order valence-electron chi connectivity index (χ1n) is 10.2. The molecule has 4 nitrogen and oxygen atoms in total. The molecule has 0 saturated heterocycles. The second kappa shape index (κ2) is 11.2. The van der Waals surface area contributed by atoms with Crippen LogP contribution in [-0.4, -0.2) is 18.8 Å². The highest BCUT2D eigenvalue weighted by Gasteiger charge is 2.35. The minimum absolute atomic E-state index is 0.0692. The molecule has 0 fully saturated rings. The second-order valence-corrected chi connectivity index (χ2v) is 7.96. The number of allylic oxidation sites excluding steroid dienone is 4. The summed E-state index contributed by atoms with van der Waals surface area (Å²) in [5.74, 6) is -0.269. The number of hydrogen-bond acceptors (Lipinski definition) is 5. The minimum atomic E-state index is -0.269. The standard InChI is InChI=1S/C23H33FN4S/c1-4-11-26-20(5-2)15-23(3)14-17(16-25)22(13-18(23)10-12-27-29)28-21-8-6-19(24)7-9-21/h5-9,13,16,26-27,29H,4,10-12,14-15,25H2,1-3H3/b17-16?,20-5-,28-22?. The van der Waals surface area contributed by atoms with E-state index in [4.69, 9.17) is 10.7 Å². The number of aliphatic imine (C=N–C) groups is 1. The third-order valence-corrected chi connectivity index (χ3v) is 5.53. The lowest BCUT2D eigenvalue weighted by Gasteiger charge is -2.38. The van der Waals surface area contributed by atoms with E-state index in [1.807, 2.05) is 0 Å². The van der Waals surface area contributed by atoms with Crippen molar-refractivity contribution in [1.82, 2.24) is 10.0 Å². The van der Waals surface area contributed by atoms with Crippen LogP contribution in [0.5, 0.6) is 0 Å². The molecule has 0 aromatic heterocycles. The number of nitrogens with zero attached hydrogens (tertiary/aromatic N) is 1. The van der Waals surface area contributed by atoms with E-state index in [1.54, 1.807) is 18.3 Å². The molecule has 0 spiro atoms. The van der Waals surface area contributed by atoms with Crippen LogP contribution in [-0.2, 0) is 0 Å². The van der Waals surface area contributed by atoms with E-state index >= 15 is 0 Å². The molecule has 0 saturated carbocycles. The lowest BCUT2D eigenvalue weighted by atomic mass is 9.68. The molecule has 1 aromatic rings. The summed E-state index contributed by atoms with van der Waals surface area (Å²) in [6.45, 7) is 8.25. The van der Waals surface area contributed by atoms with E-state index in [0.29, 0.717) is 5.69 Å². The maximum atomic E-state index is 13.2. The molecule has 158 valence electrons. The second-order valence-electron chi connectivity index (χ2n) is 7.65. The number of nitrogens with two attached hydrogens (primary N) is 1. The molecule has 1 atom stereocenters. The third kappa shape index (κ3) is 6.47. The van der Waals surface area contributed by atoms with Gasteiger partial charge in [0.1, 0.15) is 5.82 Å². The summed E-state index contributed by atoms with van der Waals surface area (Å²) in [6.07, 6.45) is 9.61. The van der Waals surface area contributed by atoms with Crippen LogP contribution in [0.1, 0.15) is 46.5 Å². The van der Waals surface area contributed by atoms with E-state index in [-0.39, 0.29) is 11.2 Å². The average molecular weight is 417 g/mol. The van der Waals surface area contributed by atoms with E-state index in [1.165, 1.54) is 23.4 Å². The van der Waals surface area contributed by atoms with Crippen molar-refractivity contribution in [2.75, 3.05) is 13.1 Å². The van der Waals surface area contributed by atoms with Gasteiger partial charge in [0.15, 0.2) is 0 Å². The first-order valence-corrected chi connectivity index (χ1v) is 10.6. The Bertz CT molecular complexity index is 796. The highest BCUT2D eigenvalue weighted by atomic mass is 32.1. The van der Waals surface area contributed by atoms with Gasteiger partial charge in [-0.15, -0.1) is 0 Å². The molecule has 1 aromatic carbocycles. The van der Waals surface area contributed by atoms with Crippen LogP contribution < -0.4 is 15.8 Å². The monoisotopic (exact) mass is 416 g/mol. The molecule has 6 heteroatoms. The summed E-state index contributed by atoms with van der Waals surface area (Å²) in [5.41, 5.74) is 11.0. The van der Waals surface area contributed by atoms with E-state index in [9.17, 15) is 4.39 Å². The van der Waals surface area contributed by atoms with Gasteiger partial charge in [0.25, 0.3) is 0 Å². The maximum absolute atomic E-state index is 13.2. The van der Waals surface area contributed by atoms with E-state index < -0.39 is 0 Å². The van der Waals surface area contributed by atoms with E-state index in [2.05, 4.69) is 55.8 Å². The van der Waals surface area contributed by atoms with E-state index in [0.717, 1.165) is 50.1 Å². The zero-order valence-corrected chi connectivity index (χ0v) is 18.5. The van der Waals surface area contributed by atoms with Crippen LogP contribution in [0.25, 0.3) is 0 Å². The molecular formula is C23H33FN4S. The quantitative estimate of drug-likeness (QED) is 0.419. The lowest BCUT2D eigenvalue weighted by Crippen LogP contribution is -2.31.